The predicted molar refractivity (Wildman–Crippen MR) is 65.5 cm³/mol. The van der Waals surface area contributed by atoms with E-state index in [9.17, 15) is 9.59 Å². The van der Waals surface area contributed by atoms with Gasteiger partial charge in [0.2, 0.25) is 5.43 Å². The summed E-state index contributed by atoms with van der Waals surface area (Å²) in [4.78, 5) is 26.4. The zero-order valence-corrected chi connectivity index (χ0v) is 9.88. The first-order valence-electron chi connectivity index (χ1n) is 5.12. The van der Waals surface area contributed by atoms with Gasteiger partial charge in [-0.1, -0.05) is 17.7 Å². The smallest absolute Gasteiger partial charge is 0.343 e. The minimum atomic E-state index is -0.629. The monoisotopic (exact) mass is 251 g/mol. The van der Waals surface area contributed by atoms with Crippen molar-refractivity contribution in [2.45, 2.75) is 6.92 Å². The molecule has 0 aliphatic carbocycles. The Hall–Kier alpha value is -1.81. The van der Waals surface area contributed by atoms with Crippen LogP contribution in [0.5, 0.6) is 0 Å². The molecule has 2 aromatic rings. The fourth-order valence-corrected chi connectivity index (χ4v) is 1.80. The first-order valence-corrected chi connectivity index (χ1v) is 5.50. The van der Waals surface area contributed by atoms with Crippen LogP contribution in [0.15, 0.2) is 29.2 Å². The average Bonchev–Trinajstić information content (AvgIpc) is 2.31. The highest BCUT2D eigenvalue weighted by atomic mass is 35.5. The Balaban J connectivity index is 2.67. The van der Waals surface area contributed by atoms with Crippen LogP contribution in [0, 0.1) is 0 Å². The Kier molecular flexibility index (Phi) is 3.15. The summed E-state index contributed by atoms with van der Waals surface area (Å²) in [6.07, 6.45) is 1.33. The molecule has 0 aliphatic heterocycles. The van der Waals surface area contributed by atoms with Gasteiger partial charge in [0.15, 0.2) is 0 Å². The maximum Gasteiger partial charge on any atom is 0.343 e. The number of carbonyl (C=O) groups excluding carboxylic acids is 1. The van der Waals surface area contributed by atoms with Crippen LogP contribution >= 0.6 is 11.6 Å². The molecule has 0 fully saturated rings. The maximum atomic E-state index is 12.0. The van der Waals surface area contributed by atoms with Gasteiger partial charge in [0, 0.05) is 11.6 Å². The molecule has 1 N–H and O–H groups in total. The summed E-state index contributed by atoms with van der Waals surface area (Å²) < 4.78 is 4.80. The number of aromatic nitrogens is 1. The van der Waals surface area contributed by atoms with E-state index in [0.29, 0.717) is 15.9 Å². The third-order valence-corrected chi connectivity index (χ3v) is 2.67. The predicted octanol–water partition coefficient (Wildman–Crippen LogP) is 2.36. The zero-order chi connectivity index (χ0) is 12.4. The normalized spacial score (nSPS) is 10.5. The Morgan fingerprint density at radius 3 is 2.94 bits per heavy atom. The Morgan fingerprint density at radius 1 is 1.47 bits per heavy atom. The maximum absolute atomic E-state index is 12.0. The van der Waals surface area contributed by atoms with Crippen LogP contribution in [0.3, 0.4) is 0 Å². The van der Waals surface area contributed by atoms with Gasteiger partial charge in [-0.25, -0.2) is 4.79 Å². The molecule has 0 atom stereocenters. The summed E-state index contributed by atoms with van der Waals surface area (Å²) in [6, 6.07) is 4.95. The molecule has 5 heteroatoms. The summed E-state index contributed by atoms with van der Waals surface area (Å²) in [5.74, 6) is -0.629. The molecule has 17 heavy (non-hydrogen) atoms. The number of fused-ring (bicyclic) bond motifs is 1. The zero-order valence-electron chi connectivity index (χ0n) is 9.12. The lowest BCUT2D eigenvalue weighted by Gasteiger charge is -2.04. The minimum absolute atomic E-state index is 0.0124. The molecule has 1 aromatic heterocycles. The van der Waals surface area contributed by atoms with E-state index < -0.39 is 5.97 Å². The highest BCUT2D eigenvalue weighted by Gasteiger charge is 2.14. The highest BCUT2D eigenvalue weighted by Crippen LogP contribution is 2.18. The second-order valence-corrected chi connectivity index (χ2v) is 3.82. The molecule has 0 spiro atoms. The van der Waals surface area contributed by atoms with Crippen LogP contribution < -0.4 is 5.43 Å². The van der Waals surface area contributed by atoms with Gasteiger partial charge in [-0.2, -0.15) is 0 Å². The van der Waals surface area contributed by atoms with E-state index in [1.807, 2.05) is 0 Å². The first-order chi connectivity index (χ1) is 8.15. The van der Waals surface area contributed by atoms with Crippen molar-refractivity contribution < 1.29 is 9.53 Å². The molecule has 1 aromatic carbocycles. The van der Waals surface area contributed by atoms with Crippen molar-refractivity contribution in [3.05, 3.63) is 45.2 Å². The summed E-state index contributed by atoms with van der Waals surface area (Å²) in [5.41, 5.74) is 0.133. The van der Waals surface area contributed by atoms with E-state index in [1.165, 1.54) is 6.20 Å². The van der Waals surface area contributed by atoms with Gasteiger partial charge in [0.05, 0.1) is 17.1 Å². The summed E-state index contributed by atoms with van der Waals surface area (Å²) in [6.45, 7) is 1.91. The van der Waals surface area contributed by atoms with Gasteiger partial charge in [-0.3, -0.25) is 4.79 Å². The molecule has 4 nitrogen and oxygen atoms in total. The molecule has 0 amide bonds. The lowest BCUT2D eigenvalue weighted by atomic mass is 10.1. The number of rotatable bonds is 2. The van der Waals surface area contributed by atoms with Crippen molar-refractivity contribution in [1.29, 1.82) is 0 Å². The van der Waals surface area contributed by atoms with E-state index in [4.69, 9.17) is 16.3 Å². The third-order valence-electron chi connectivity index (χ3n) is 2.36. The molecule has 0 aliphatic rings. The molecule has 0 saturated carbocycles. The number of hydrogen-bond donors (Lipinski definition) is 1. The molecule has 0 saturated heterocycles. The van der Waals surface area contributed by atoms with Crippen LogP contribution in [-0.2, 0) is 4.74 Å². The van der Waals surface area contributed by atoms with E-state index in [2.05, 4.69) is 4.98 Å². The second-order valence-electron chi connectivity index (χ2n) is 3.41. The molecule has 0 radical (unpaired) electrons. The Labute approximate surface area is 102 Å². The SMILES string of the molecule is CCOC(=O)c1c[nH]c2c(Cl)cccc2c1=O. The quantitative estimate of drug-likeness (QED) is 0.834. The Morgan fingerprint density at radius 2 is 2.24 bits per heavy atom. The van der Waals surface area contributed by atoms with E-state index in [1.54, 1.807) is 25.1 Å². The molecular weight excluding hydrogens is 242 g/mol. The van der Waals surface area contributed by atoms with Gasteiger partial charge in [-0.05, 0) is 19.1 Å². The lowest BCUT2D eigenvalue weighted by molar-refractivity contribution is 0.0524. The molecule has 88 valence electrons. The van der Waals surface area contributed by atoms with Gasteiger partial charge >= 0.3 is 5.97 Å². The number of hydrogen-bond acceptors (Lipinski definition) is 3. The van der Waals surface area contributed by atoms with Crippen molar-refractivity contribution in [1.82, 2.24) is 4.98 Å². The number of ether oxygens (including phenoxy) is 1. The number of aromatic amines is 1. The number of esters is 1. The van der Waals surface area contributed by atoms with Crippen molar-refractivity contribution in [3.63, 3.8) is 0 Å². The van der Waals surface area contributed by atoms with Crippen LogP contribution in [0.1, 0.15) is 17.3 Å². The number of para-hydroxylation sites is 1. The van der Waals surface area contributed by atoms with Crippen LogP contribution in [0.4, 0.5) is 0 Å². The standard InChI is InChI=1S/C12H10ClNO3/c1-2-17-12(16)8-6-14-10-7(11(8)15)4-3-5-9(10)13/h3-6H,2H2,1H3,(H,14,15). The molecule has 1 heterocycles. The minimum Gasteiger partial charge on any atom is -0.462 e. The fraction of sp³-hybridized carbons (Fsp3) is 0.167. The highest BCUT2D eigenvalue weighted by molar-refractivity contribution is 6.35. The average molecular weight is 252 g/mol. The van der Waals surface area contributed by atoms with Crippen LogP contribution in [0.2, 0.25) is 5.02 Å². The van der Waals surface area contributed by atoms with Crippen molar-refractivity contribution in [2.24, 2.45) is 0 Å². The number of halogens is 1. The summed E-state index contributed by atoms with van der Waals surface area (Å²) >= 11 is 5.94. The van der Waals surface area contributed by atoms with Gasteiger partial charge in [0.25, 0.3) is 0 Å². The number of carbonyl (C=O) groups is 1. The van der Waals surface area contributed by atoms with E-state index in [0.717, 1.165) is 0 Å². The lowest BCUT2D eigenvalue weighted by Crippen LogP contribution is -2.18. The number of H-pyrrole nitrogens is 1. The topological polar surface area (TPSA) is 59.2 Å². The summed E-state index contributed by atoms with van der Waals surface area (Å²) in [5, 5.41) is 0.818. The van der Waals surface area contributed by atoms with E-state index >= 15 is 0 Å². The number of nitrogens with one attached hydrogen (secondary N) is 1. The molecule has 0 unspecified atom stereocenters. The van der Waals surface area contributed by atoms with Gasteiger partial charge in [0.1, 0.15) is 5.56 Å². The third kappa shape index (κ3) is 2.03. The van der Waals surface area contributed by atoms with Crippen molar-refractivity contribution in [3.8, 4) is 0 Å². The summed E-state index contributed by atoms with van der Waals surface area (Å²) in [7, 11) is 0. The number of pyridine rings is 1. The van der Waals surface area contributed by atoms with Crippen LogP contribution in [-0.4, -0.2) is 17.6 Å². The second kappa shape index (κ2) is 4.59. The van der Waals surface area contributed by atoms with Crippen LogP contribution in [0.25, 0.3) is 10.9 Å². The van der Waals surface area contributed by atoms with Crippen molar-refractivity contribution >= 4 is 28.5 Å². The molecule has 0 bridgehead atoms. The fourth-order valence-electron chi connectivity index (χ4n) is 1.58. The Bertz CT molecular complexity index is 633. The van der Waals surface area contributed by atoms with Crippen molar-refractivity contribution in [2.75, 3.05) is 6.61 Å². The molecule has 2 rings (SSSR count). The molecular formula is C12H10ClNO3. The first kappa shape index (κ1) is 11.7. The largest absolute Gasteiger partial charge is 0.462 e. The van der Waals surface area contributed by atoms with Gasteiger partial charge in [-0.15, -0.1) is 0 Å². The number of benzene rings is 1. The van der Waals surface area contributed by atoms with E-state index in [-0.39, 0.29) is 17.6 Å². The van der Waals surface area contributed by atoms with Gasteiger partial charge < -0.3 is 9.72 Å².